The van der Waals surface area contributed by atoms with Gasteiger partial charge in [-0.3, -0.25) is 14.5 Å². The lowest BCUT2D eigenvalue weighted by molar-refractivity contribution is -0.153. The summed E-state index contributed by atoms with van der Waals surface area (Å²) in [5.74, 6) is -2.59. The largest absolute Gasteiger partial charge is 0.459 e. The van der Waals surface area contributed by atoms with Crippen LogP contribution in [0.5, 0.6) is 0 Å². The first-order valence-electron chi connectivity index (χ1n) is 6.82. The molecule has 0 spiro atoms. The Morgan fingerprint density at radius 3 is 2.57 bits per heavy atom. The summed E-state index contributed by atoms with van der Waals surface area (Å²) in [6, 6.07) is 3.01. The van der Waals surface area contributed by atoms with Gasteiger partial charge in [-0.15, -0.1) is 0 Å². The molecule has 2 amide bonds. The van der Waals surface area contributed by atoms with Gasteiger partial charge in [0.15, 0.2) is 9.84 Å². The minimum Gasteiger partial charge on any atom is -0.459 e. The van der Waals surface area contributed by atoms with E-state index in [-0.39, 0.29) is 22.9 Å². The van der Waals surface area contributed by atoms with Crippen molar-refractivity contribution in [3.8, 4) is 0 Å². The third-order valence-electron chi connectivity index (χ3n) is 3.35. The molecular formula is C14H16N2O6S. The number of esters is 1. The number of ether oxygens (including phenoxy) is 1. The third-order valence-corrected chi connectivity index (χ3v) is 4.46. The number of nitrogens with one attached hydrogen (secondary N) is 1. The summed E-state index contributed by atoms with van der Waals surface area (Å²) < 4.78 is 27.9. The number of amides is 2. The van der Waals surface area contributed by atoms with Gasteiger partial charge in [0.25, 0.3) is 0 Å². The first kappa shape index (κ1) is 16.9. The van der Waals surface area contributed by atoms with Crippen molar-refractivity contribution in [2.24, 2.45) is 0 Å². The highest BCUT2D eigenvalue weighted by molar-refractivity contribution is 7.90. The van der Waals surface area contributed by atoms with Crippen molar-refractivity contribution in [3.63, 3.8) is 0 Å². The van der Waals surface area contributed by atoms with Crippen LogP contribution in [0.15, 0.2) is 23.1 Å². The zero-order chi connectivity index (χ0) is 17.4. The predicted octanol–water partition coefficient (Wildman–Crippen LogP) is 0.327. The molecule has 0 aromatic heterocycles. The fourth-order valence-corrected chi connectivity index (χ4v) is 2.84. The van der Waals surface area contributed by atoms with Crippen molar-refractivity contribution in [1.29, 1.82) is 0 Å². The Labute approximate surface area is 133 Å². The zero-order valence-corrected chi connectivity index (χ0v) is 13.6. The predicted molar refractivity (Wildman–Crippen MR) is 81.8 cm³/mol. The SMILES string of the molecule is CCOC(=O)C(=O)N1c2ccc(S(C)(=O)=O)cc2NC(=O)C1C. The number of rotatable bonds is 2. The first-order valence-corrected chi connectivity index (χ1v) is 8.71. The van der Waals surface area contributed by atoms with Gasteiger partial charge in [-0.05, 0) is 32.0 Å². The molecule has 1 aliphatic heterocycles. The van der Waals surface area contributed by atoms with Crippen molar-refractivity contribution in [1.82, 2.24) is 0 Å². The Hall–Kier alpha value is -2.42. The average Bonchev–Trinajstić information content (AvgIpc) is 2.46. The third kappa shape index (κ3) is 3.19. The second-order valence-electron chi connectivity index (χ2n) is 5.01. The van der Waals surface area contributed by atoms with Gasteiger partial charge in [-0.2, -0.15) is 0 Å². The van der Waals surface area contributed by atoms with Gasteiger partial charge in [0.05, 0.1) is 22.9 Å². The van der Waals surface area contributed by atoms with Crippen molar-refractivity contribution < 1.29 is 27.5 Å². The molecule has 0 radical (unpaired) electrons. The van der Waals surface area contributed by atoms with Crippen LogP contribution in [-0.4, -0.2) is 45.1 Å². The van der Waals surface area contributed by atoms with E-state index in [0.717, 1.165) is 11.2 Å². The van der Waals surface area contributed by atoms with Crippen LogP contribution in [0.2, 0.25) is 0 Å². The van der Waals surface area contributed by atoms with Gasteiger partial charge < -0.3 is 10.1 Å². The van der Waals surface area contributed by atoms with Crippen molar-refractivity contribution in [2.75, 3.05) is 23.1 Å². The molecule has 0 fully saturated rings. The van der Waals surface area contributed by atoms with Gasteiger partial charge in [0.2, 0.25) is 5.91 Å². The molecular weight excluding hydrogens is 324 g/mol. The van der Waals surface area contributed by atoms with Crippen LogP contribution < -0.4 is 10.2 Å². The Bertz CT molecular complexity index is 786. The van der Waals surface area contributed by atoms with Crippen molar-refractivity contribution in [2.45, 2.75) is 24.8 Å². The second kappa shape index (κ2) is 5.99. The van der Waals surface area contributed by atoms with E-state index in [1.54, 1.807) is 6.92 Å². The summed E-state index contributed by atoms with van der Waals surface area (Å²) in [5, 5.41) is 2.53. The van der Waals surface area contributed by atoms with Crippen LogP contribution in [0.3, 0.4) is 0 Å². The Balaban J connectivity index is 2.52. The molecule has 0 saturated heterocycles. The van der Waals surface area contributed by atoms with Crippen LogP contribution in [0.25, 0.3) is 0 Å². The normalized spacial score (nSPS) is 17.3. The minimum atomic E-state index is -3.48. The van der Waals surface area contributed by atoms with Crippen LogP contribution in [0.1, 0.15) is 13.8 Å². The maximum Gasteiger partial charge on any atom is 0.397 e. The molecule has 1 aliphatic rings. The number of carbonyl (C=O) groups is 3. The number of sulfone groups is 1. The Morgan fingerprint density at radius 2 is 2.00 bits per heavy atom. The molecule has 1 atom stereocenters. The quantitative estimate of drug-likeness (QED) is 0.613. The van der Waals surface area contributed by atoms with E-state index >= 15 is 0 Å². The maximum atomic E-state index is 12.2. The number of fused-ring (bicyclic) bond motifs is 1. The van der Waals surface area contributed by atoms with E-state index in [2.05, 4.69) is 10.1 Å². The molecule has 1 unspecified atom stereocenters. The summed E-state index contributed by atoms with van der Waals surface area (Å²) >= 11 is 0. The highest BCUT2D eigenvalue weighted by Crippen LogP contribution is 2.34. The van der Waals surface area contributed by atoms with Crippen LogP contribution in [0.4, 0.5) is 11.4 Å². The summed E-state index contributed by atoms with van der Waals surface area (Å²) in [6.45, 7) is 3.04. The van der Waals surface area contributed by atoms with E-state index in [1.807, 2.05) is 0 Å². The van der Waals surface area contributed by atoms with E-state index in [9.17, 15) is 22.8 Å². The number of hydrogen-bond donors (Lipinski definition) is 1. The van der Waals surface area contributed by atoms with Crippen molar-refractivity contribution in [3.05, 3.63) is 18.2 Å². The number of anilines is 2. The van der Waals surface area contributed by atoms with Crippen molar-refractivity contribution >= 4 is 39.0 Å². The van der Waals surface area contributed by atoms with Crippen LogP contribution in [0, 0.1) is 0 Å². The fourth-order valence-electron chi connectivity index (χ4n) is 2.20. The monoisotopic (exact) mass is 340 g/mol. The van der Waals surface area contributed by atoms with Gasteiger partial charge in [-0.25, -0.2) is 13.2 Å². The molecule has 2 rings (SSSR count). The van der Waals surface area contributed by atoms with E-state index in [4.69, 9.17) is 0 Å². The van der Waals surface area contributed by atoms with Gasteiger partial charge in [0.1, 0.15) is 6.04 Å². The molecule has 1 aromatic carbocycles. The fraction of sp³-hybridized carbons (Fsp3) is 0.357. The molecule has 23 heavy (non-hydrogen) atoms. The van der Waals surface area contributed by atoms with Gasteiger partial charge in [-0.1, -0.05) is 0 Å². The number of carbonyl (C=O) groups excluding carboxylic acids is 3. The lowest BCUT2D eigenvalue weighted by Gasteiger charge is -2.33. The summed E-state index contributed by atoms with van der Waals surface area (Å²) in [7, 11) is -3.48. The maximum absolute atomic E-state index is 12.2. The smallest absolute Gasteiger partial charge is 0.397 e. The second-order valence-corrected chi connectivity index (χ2v) is 7.03. The van der Waals surface area contributed by atoms with E-state index in [1.165, 1.54) is 25.1 Å². The molecule has 0 aliphatic carbocycles. The van der Waals surface area contributed by atoms with E-state index in [0.29, 0.717) is 0 Å². The van der Waals surface area contributed by atoms with E-state index < -0.39 is 33.7 Å². The molecule has 9 heteroatoms. The minimum absolute atomic E-state index is 0.00497. The highest BCUT2D eigenvalue weighted by atomic mass is 32.2. The number of benzene rings is 1. The number of nitrogens with zero attached hydrogens (tertiary/aromatic N) is 1. The molecule has 8 nitrogen and oxygen atoms in total. The lowest BCUT2D eigenvalue weighted by atomic mass is 10.1. The summed E-state index contributed by atoms with van der Waals surface area (Å²) in [5.41, 5.74) is 0.385. The number of hydrogen-bond acceptors (Lipinski definition) is 6. The molecule has 0 bridgehead atoms. The molecule has 0 saturated carbocycles. The topological polar surface area (TPSA) is 110 Å². The Morgan fingerprint density at radius 1 is 1.35 bits per heavy atom. The highest BCUT2D eigenvalue weighted by Gasteiger charge is 2.37. The molecule has 124 valence electrons. The average molecular weight is 340 g/mol. The van der Waals surface area contributed by atoms with Crippen LogP contribution >= 0.6 is 0 Å². The van der Waals surface area contributed by atoms with Gasteiger partial charge >= 0.3 is 11.9 Å². The molecule has 1 heterocycles. The Kier molecular flexibility index (Phi) is 4.42. The zero-order valence-electron chi connectivity index (χ0n) is 12.8. The standard InChI is InChI=1S/C14H16N2O6S/c1-4-22-14(19)13(18)16-8(2)12(17)15-10-7-9(23(3,20)21)5-6-11(10)16/h5-8H,4H2,1-3H3,(H,15,17). The lowest BCUT2D eigenvalue weighted by Crippen LogP contribution is -2.52. The first-order chi connectivity index (χ1) is 10.7. The van der Waals surface area contributed by atoms with Crippen LogP contribution in [-0.2, 0) is 29.0 Å². The molecule has 1 N–H and O–H groups in total. The summed E-state index contributed by atoms with van der Waals surface area (Å²) in [4.78, 5) is 36.9. The molecule has 1 aromatic rings. The summed E-state index contributed by atoms with van der Waals surface area (Å²) in [6.07, 6.45) is 1.03. The van der Waals surface area contributed by atoms with Gasteiger partial charge in [0, 0.05) is 6.26 Å².